The second-order valence-corrected chi connectivity index (χ2v) is 4.92. The fraction of sp³-hybridized carbons (Fsp3) is 0.538. The average molecular weight is 230 g/mol. The van der Waals surface area contributed by atoms with Gasteiger partial charge in [-0.05, 0) is 25.8 Å². The number of H-pyrrole nitrogens is 1. The summed E-state index contributed by atoms with van der Waals surface area (Å²) >= 11 is 0. The van der Waals surface area contributed by atoms with Crippen molar-refractivity contribution >= 4 is 17.0 Å². The molecule has 0 aromatic carbocycles. The smallest absolute Gasteiger partial charge is 0.156 e. The standard InChI is InChI=1S/C13H18N4/c1-9-7-11-13(15-9)14-8-12(17-11)16-10-5-3-2-4-6-10/h7-8,10H,2-6H2,1H3,(H,14,15)(H,16,17). The molecule has 90 valence electrons. The van der Waals surface area contributed by atoms with E-state index in [4.69, 9.17) is 0 Å². The van der Waals surface area contributed by atoms with Gasteiger partial charge in [-0.1, -0.05) is 19.3 Å². The summed E-state index contributed by atoms with van der Waals surface area (Å²) in [6.07, 6.45) is 8.37. The Morgan fingerprint density at radius 3 is 2.94 bits per heavy atom. The average Bonchev–Trinajstić information content (AvgIpc) is 2.70. The normalized spacial score (nSPS) is 17.5. The molecule has 1 saturated carbocycles. The number of aromatic amines is 1. The van der Waals surface area contributed by atoms with Gasteiger partial charge >= 0.3 is 0 Å². The Kier molecular flexibility index (Phi) is 2.71. The fourth-order valence-corrected chi connectivity index (χ4v) is 2.55. The highest BCUT2D eigenvalue weighted by molar-refractivity contribution is 5.73. The third kappa shape index (κ3) is 2.25. The first-order valence-electron chi connectivity index (χ1n) is 6.40. The minimum absolute atomic E-state index is 0.579. The molecule has 2 aromatic rings. The highest BCUT2D eigenvalue weighted by atomic mass is 15.1. The lowest BCUT2D eigenvalue weighted by molar-refractivity contribution is 0.462. The van der Waals surface area contributed by atoms with E-state index in [2.05, 4.69) is 20.3 Å². The van der Waals surface area contributed by atoms with Crippen molar-refractivity contribution < 1.29 is 0 Å². The van der Waals surface area contributed by atoms with Crippen LogP contribution in [0.1, 0.15) is 37.8 Å². The molecule has 0 amide bonds. The van der Waals surface area contributed by atoms with Crippen molar-refractivity contribution in [2.75, 3.05) is 5.32 Å². The number of rotatable bonds is 2. The number of aryl methyl sites for hydroxylation is 1. The fourth-order valence-electron chi connectivity index (χ4n) is 2.55. The SMILES string of the molecule is Cc1cc2nc(NC3CCCCC3)cnc2[nH]1. The summed E-state index contributed by atoms with van der Waals surface area (Å²) in [6.45, 7) is 2.03. The van der Waals surface area contributed by atoms with Crippen LogP contribution in [0.5, 0.6) is 0 Å². The summed E-state index contributed by atoms with van der Waals surface area (Å²) in [5, 5.41) is 3.49. The van der Waals surface area contributed by atoms with Crippen molar-refractivity contribution in [2.45, 2.75) is 45.1 Å². The molecule has 3 rings (SSSR count). The molecule has 0 radical (unpaired) electrons. The number of fused-ring (bicyclic) bond motifs is 1. The van der Waals surface area contributed by atoms with Crippen LogP contribution in [-0.2, 0) is 0 Å². The topological polar surface area (TPSA) is 53.6 Å². The van der Waals surface area contributed by atoms with Crippen LogP contribution < -0.4 is 5.32 Å². The zero-order chi connectivity index (χ0) is 11.7. The first kappa shape index (κ1) is 10.6. The summed E-state index contributed by atoms with van der Waals surface area (Å²) in [5.74, 6) is 0.906. The molecule has 1 fully saturated rings. The van der Waals surface area contributed by atoms with Crippen LogP contribution in [0.15, 0.2) is 12.3 Å². The van der Waals surface area contributed by atoms with Crippen LogP contribution in [0.3, 0.4) is 0 Å². The molecule has 17 heavy (non-hydrogen) atoms. The molecule has 1 aliphatic rings. The molecular formula is C13H18N4. The summed E-state index contributed by atoms with van der Waals surface area (Å²) in [7, 11) is 0. The van der Waals surface area contributed by atoms with Gasteiger partial charge in [0.2, 0.25) is 0 Å². The molecule has 0 aliphatic heterocycles. The van der Waals surface area contributed by atoms with Crippen molar-refractivity contribution in [3.8, 4) is 0 Å². The van der Waals surface area contributed by atoms with Gasteiger partial charge in [-0.2, -0.15) is 0 Å². The monoisotopic (exact) mass is 230 g/mol. The highest BCUT2D eigenvalue weighted by Gasteiger charge is 2.13. The van der Waals surface area contributed by atoms with Crippen LogP contribution in [-0.4, -0.2) is 21.0 Å². The molecule has 4 nitrogen and oxygen atoms in total. The molecule has 0 spiro atoms. The maximum Gasteiger partial charge on any atom is 0.156 e. The maximum absolute atomic E-state index is 4.59. The van der Waals surface area contributed by atoms with Gasteiger partial charge in [0.05, 0.1) is 6.20 Å². The number of hydrogen-bond donors (Lipinski definition) is 2. The van der Waals surface area contributed by atoms with Gasteiger partial charge < -0.3 is 10.3 Å². The van der Waals surface area contributed by atoms with E-state index in [1.807, 2.05) is 19.2 Å². The molecule has 0 unspecified atom stereocenters. The summed E-state index contributed by atoms with van der Waals surface area (Å²) in [5.41, 5.74) is 2.93. The molecule has 2 heterocycles. The number of nitrogens with one attached hydrogen (secondary N) is 2. The van der Waals surface area contributed by atoms with E-state index in [1.54, 1.807) is 0 Å². The van der Waals surface area contributed by atoms with E-state index >= 15 is 0 Å². The Balaban J connectivity index is 1.79. The molecule has 1 aliphatic carbocycles. The first-order valence-corrected chi connectivity index (χ1v) is 6.40. The Hall–Kier alpha value is -1.58. The predicted molar refractivity (Wildman–Crippen MR) is 69.1 cm³/mol. The molecule has 0 bridgehead atoms. The van der Waals surface area contributed by atoms with Gasteiger partial charge in [-0.15, -0.1) is 0 Å². The quantitative estimate of drug-likeness (QED) is 0.833. The lowest BCUT2D eigenvalue weighted by Crippen LogP contribution is -2.22. The van der Waals surface area contributed by atoms with Crippen LogP contribution >= 0.6 is 0 Å². The van der Waals surface area contributed by atoms with Crippen molar-refractivity contribution in [2.24, 2.45) is 0 Å². The van der Waals surface area contributed by atoms with Crippen molar-refractivity contribution in [1.82, 2.24) is 15.0 Å². The van der Waals surface area contributed by atoms with Crippen molar-refractivity contribution in [1.29, 1.82) is 0 Å². The number of aromatic nitrogens is 3. The lowest BCUT2D eigenvalue weighted by Gasteiger charge is -2.22. The summed E-state index contributed by atoms with van der Waals surface area (Å²) < 4.78 is 0. The largest absolute Gasteiger partial charge is 0.366 e. The number of nitrogens with zero attached hydrogens (tertiary/aromatic N) is 2. The van der Waals surface area contributed by atoms with E-state index in [0.29, 0.717) is 6.04 Å². The van der Waals surface area contributed by atoms with Crippen molar-refractivity contribution in [3.05, 3.63) is 18.0 Å². The van der Waals surface area contributed by atoms with Crippen LogP contribution in [0, 0.1) is 6.92 Å². The minimum Gasteiger partial charge on any atom is -0.366 e. The number of hydrogen-bond acceptors (Lipinski definition) is 3. The van der Waals surface area contributed by atoms with E-state index in [1.165, 1.54) is 32.1 Å². The molecule has 0 saturated heterocycles. The van der Waals surface area contributed by atoms with Crippen molar-refractivity contribution in [3.63, 3.8) is 0 Å². The Labute approximate surface area is 101 Å². The third-order valence-electron chi connectivity index (χ3n) is 3.43. The number of anilines is 1. The predicted octanol–water partition coefficient (Wildman–Crippen LogP) is 3.01. The minimum atomic E-state index is 0.579. The molecule has 2 N–H and O–H groups in total. The van der Waals surface area contributed by atoms with Gasteiger partial charge in [-0.25, -0.2) is 9.97 Å². The maximum atomic E-state index is 4.59. The summed E-state index contributed by atoms with van der Waals surface area (Å²) in [6, 6.07) is 2.62. The molecule has 0 atom stereocenters. The first-order chi connectivity index (χ1) is 8.31. The van der Waals surface area contributed by atoms with Gasteiger partial charge in [0, 0.05) is 11.7 Å². The zero-order valence-electron chi connectivity index (χ0n) is 10.2. The van der Waals surface area contributed by atoms with Gasteiger partial charge in [0.1, 0.15) is 11.3 Å². The highest BCUT2D eigenvalue weighted by Crippen LogP contribution is 2.21. The second-order valence-electron chi connectivity index (χ2n) is 4.92. The zero-order valence-corrected chi connectivity index (χ0v) is 10.2. The molecular weight excluding hydrogens is 212 g/mol. The third-order valence-corrected chi connectivity index (χ3v) is 3.43. The van der Waals surface area contributed by atoms with E-state index in [-0.39, 0.29) is 0 Å². The van der Waals surface area contributed by atoms with E-state index < -0.39 is 0 Å². The second kappa shape index (κ2) is 4.35. The summed E-state index contributed by atoms with van der Waals surface area (Å²) in [4.78, 5) is 12.2. The molecule has 4 heteroatoms. The van der Waals surface area contributed by atoms with Crippen LogP contribution in [0.2, 0.25) is 0 Å². The van der Waals surface area contributed by atoms with Crippen LogP contribution in [0.4, 0.5) is 5.82 Å². The Morgan fingerprint density at radius 1 is 1.29 bits per heavy atom. The Bertz CT molecular complexity index is 511. The van der Waals surface area contributed by atoms with Gasteiger partial charge in [0.25, 0.3) is 0 Å². The molecule has 2 aromatic heterocycles. The Morgan fingerprint density at radius 2 is 2.12 bits per heavy atom. The lowest BCUT2D eigenvalue weighted by atomic mass is 9.96. The van der Waals surface area contributed by atoms with Crippen LogP contribution in [0.25, 0.3) is 11.2 Å². The van der Waals surface area contributed by atoms with Gasteiger partial charge in [0.15, 0.2) is 5.65 Å². The van der Waals surface area contributed by atoms with Gasteiger partial charge in [-0.3, -0.25) is 0 Å². The van der Waals surface area contributed by atoms with E-state index in [9.17, 15) is 0 Å². The van der Waals surface area contributed by atoms with E-state index in [0.717, 1.165) is 22.7 Å².